The van der Waals surface area contributed by atoms with Crippen molar-refractivity contribution in [2.75, 3.05) is 12.9 Å². The zero-order chi connectivity index (χ0) is 12.2. The summed E-state index contributed by atoms with van der Waals surface area (Å²) < 4.78 is 30.0. The molecule has 0 saturated heterocycles. The van der Waals surface area contributed by atoms with E-state index >= 15 is 0 Å². The van der Waals surface area contributed by atoms with Crippen molar-refractivity contribution in [2.24, 2.45) is 5.92 Å². The van der Waals surface area contributed by atoms with Crippen LogP contribution in [-0.2, 0) is 19.6 Å². The van der Waals surface area contributed by atoms with Crippen molar-refractivity contribution in [1.29, 1.82) is 0 Å². The van der Waals surface area contributed by atoms with Crippen LogP contribution in [0.25, 0.3) is 0 Å². The van der Waals surface area contributed by atoms with Gasteiger partial charge in [-0.3, -0.25) is 4.79 Å². The fourth-order valence-corrected chi connectivity index (χ4v) is 2.86. The first-order valence-electron chi connectivity index (χ1n) is 5.56. The van der Waals surface area contributed by atoms with Gasteiger partial charge in [0.25, 0.3) is 0 Å². The number of hydrogen-bond donors (Lipinski definition) is 1. The standard InChI is InChI=1S/C10H19NO4S/c1-3-16(13,14)11-9-6-4-8(5-7-9)10(12)15-2/h8-9,11H,3-7H2,1-2H3/t8-,9-. The Hall–Kier alpha value is -0.620. The van der Waals surface area contributed by atoms with E-state index in [1.165, 1.54) is 7.11 Å². The van der Waals surface area contributed by atoms with Crippen molar-refractivity contribution in [3.05, 3.63) is 0 Å². The number of ether oxygens (including phenoxy) is 1. The van der Waals surface area contributed by atoms with E-state index in [1.807, 2.05) is 0 Å². The molecule has 16 heavy (non-hydrogen) atoms. The first-order chi connectivity index (χ1) is 7.48. The summed E-state index contributed by atoms with van der Waals surface area (Å²) in [6.45, 7) is 1.61. The first kappa shape index (κ1) is 13.4. The SMILES string of the molecule is CCS(=O)(=O)N[C@H]1CC[C@H](C(=O)OC)CC1. The second-order valence-corrected chi connectivity index (χ2v) is 6.14. The maximum Gasteiger partial charge on any atom is 0.308 e. The Morgan fingerprint density at radius 2 is 1.88 bits per heavy atom. The van der Waals surface area contributed by atoms with Crippen LogP contribution in [0.4, 0.5) is 0 Å². The Labute approximate surface area is 96.6 Å². The molecule has 1 saturated carbocycles. The van der Waals surface area contributed by atoms with Crippen LogP contribution < -0.4 is 4.72 Å². The number of rotatable bonds is 4. The lowest BCUT2D eigenvalue weighted by Crippen LogP contribution is -2.39. The van der Waals surface area contributed by atoms with Crippen LogP contribution in [-0.4, -0.2) is 33.3 Å². The highest BCUT2D eigenvalue weighted by Gasteiger charge is 2.28. The number of carbonyl (C=O) groups is 1. The molecule has 1 aliphatic carbocycles. The monoisotopic (exact) mass is 249 g/mol. The minimum Gasteiger partial charge on any atom is -0.469 e. The van der Waals surface area contributed by atoms with Gasteiger partial charge >= 0.3 is 5.97 Å². The second kappa shape index (κ2) is 5.63. The average Bonchev–Trinajstić information content (AvgIpc) is 2.28. The molecule has 0 atom stereocenters. The maximum absolute atomic E-state index is 11.3. The van der Waals surface area contributed by atoms with Gasteiger partial charge in [0.05, 0.1) is 18.8 Å². The summed E-state index contributed by atoms with van der Waals surface area (Å²) in [4.78, 5) is 11.3. The topological polar surface area (TPSA) is 72.5 Å². The molecule has 1 rings (SSSR count). The lowest BCUT2D eigenvalue weighted by molar-refractivity contribution is -0.146. The molecule has 1 fully saturated rings. The van der Waals surface area contributed by atoms with Gasteiger partial charge in [0.2, 0.25) is 10.0 Å². The molecule has 1 N–H and O–H groups in total. The van der Waals surface area contributed by atoms with Gasteiger partial charge in [0.1, 0.15) is 0 Å². The third-order valence-electron chi connectivity index (χ3n) is 2.99. The normalized spacial score (nSPS) is 26.4. The smallest absolute Gasteiger partial charge is 0.308 e. The third kappa shape index (κ3) is 3.75. The number of esters is 1. The molecule has 0 aromatic carbocycles. The van der Waals surface area contributed by atoms with Crippen LogP contribution in [0.3, 0.4) is 0 Å². The van der Waals surface area contributed by atoms with Crippen LogP contribution in [0.1, 0.15) is 32.6 Å². The molecular formula is C10H19NO4S. The van der Waals surface area contributed by atoms with E-state index in [9.17, 15) is 13.2 Å². The van der Waals surface area contributed by atoms with E-state index in [4.69, 9.17) is 0 Å². The van der Waals surface area contributed by atoms with E-state index in [1.54, 1.807) is 6.92 Å². The van der Waals surface area contributed by atoms with Crippen molar-refractivity contribution >= 4 is 16.0 Å². The maximum atomic E-state index is 11.3. The number of hydrogen-bond acceptors (Lipinski definition) is 4. The van der Waals surface area contributed by atoms with Crippen LogP contribution >= 0.6 is 0 Å². The van der Waals surface area contributed by atoms with Crippen molar-refractivity contribution in [1.82, 2.24) is 4.72 Å². The minimum atomic E-state index is -3.13. The minimum absolute atomic E-state index is 0.0224. The predicted octanol–water partition coefficient (Wildman–Crippen LogP) is 0.657. The molecule has 6 heteroatoms. The number of methoxy groups -OCH3 is 1. The van der Waals surface area contributed by atoms with Crippen LogP contribution in [0.2, 0.25) is 0 Å². The highest BCUT2D eigenvalue weighted by atomic mass is 32.2. The van der Waals surface area contributed by atoms with Gasteiger partial charge in [0.15, 0.2) is 0 Å². The number of carbonyl (C=O) groups excluding carboxylic acids is 1. The summed E-state index contributed by atoms with van der Waals surface area (Å²) in [7, 11) is -1.75. The lowest BCUT2D eigenvalue weighted by atomic mass is 9.86. The quantitative estimate of drug-likeness (QED) is 0.743. The molecule has 1 aliphatic rings. The third-order valence-corrected chi connectivity index (χ3v) is 4.44. The van der Waals surface area contributed by atoms with Gasteiger partial charge in [0, 0.05) is 6.04 Å². The molecule has 94 valence electrons. The largest absolute Gasteiger partial charge is 0.469 e. The highest BCUT2D eigenvalue weighted by molar-refractivity contribution is 7.89. The highest BCUT2D eigenvalue weighted by Crippen LogP contribution is 2.25. The van der Waals surface area contributed by atoms with Gasteiger partial charge in [-0.1, -0.05) is 0 Å². The van der Waals surface area contributed by atoms with Gasteiger partial charge < -0.3 is 4.74 Å². The molecule has 0 bridgehead atoms. The summed E-state index contributed by atoms with van der Waals surface area (Å²) in [6.07, 6.45) is 2.81. The fourth-order valence-electron chi connectivity index (χ4n) is 1.95. The van der Waals surface area contributed by atoms with E-state index in [0.29, 0.717) is 25.7 Å². The Kier molecular flexibility index (Phi) is 4.73. The van der Waals surface area contributed by atoms with E-state index < -0.39 is 10.0 Å². The zero-order valence-electron chi connectivity index (χ0n) is 9.73. The molecule has 0 spiro atoms. The zero-order valence-corrected chi connectivity index (χ0v) is 10.5. The van der Waals surface area contributed by atoms with Gasteiger partial charge in [-0.15, -0.1) is 0 Å². The summed E-state index contributed by atoms with van der Waals surface area (Å²) in [5, 5.41) is 0. The van der Waals surface area contributed by atoms with Gasteiger partial charge in [-0.25, -0.2) is 13.1 Å². The predicted molar refractivity (Wildman–Crippen MR) is 60.4 cm³/mol. The Balaban J connectivity index is 2.41. The molecule has 0 amide bonds. The van der Waals surface area contributed by atoms with Crippen molar-refractivity contribution in [3.63, 3.8) is 0 Å². The van der Waals surface area contributed by atoms with E-state index in [2.05, 4.69) is 9.46 Å². The Morgan fingerprint density at radius 3 is 2.31 bits per heavy atom. The Morgan fingerprint density at radius 1 is 1.31 bits per heavy atom. The van der Waals surface area contributed by atoms with Crippen LogP contribution in [0.5, 0.6) is 0 Å². The average molecular weight is 249 g/mol. The van der Waals surface area contributed by atoms with E-state index in [0.717, 1.165) is 0 Å². The van der Waals surface area contributed by atoms with Crippen LogP contribution in [0, 0.1) is 5.92 Å². The molecule has 0 heterocycles. The van der Waals surface area contributed by atoms with E-state index in [-0.39, 0.29) is 23.7 Å². The summed E-state index contributed by atoms with van der Waals surface area (Å²) >= 11 is 0. The Bertz CT molecular complexity index is 331. The molecule has 0 radical (unpaired) electrons. The van der Waals surface area contributed by atoms with Crippen LogP contribution in [0.15, 0.2) is 0 Å². The first-order valence-corrected chi connectivity index (χ1v) is 7.21. The van der Waals surface area contributed by atoms with Crippen molar-refractivity contribution in [3.8, 4) is 0 Å². The fraction of sp³-hybridized carbons (Fsp3) is 0.900. The van der Waals surface area contributed by atoms with Gasteiger partial charge in [-0.05, 0) is 32.6 Å². The summed E-state index contributed by atoms with van der Waals surface area (Å²) in [5.41, 5.74) is 0. The summed E-state index contributed by atoms with van der Waals surface area (Å²) in [6, 6.07) is -0.0224. The number of nitrogens with one attached hydrogen (secondary N) is 1. The molecule has 0 aromatic heterocycles. The van der Waals surface area contributed by atoms with Crippen molar-refractivity contribution < 1.29 is 17.9 Å². The molecular weight excluding hydrogens is 230 g/mol. The molecule has 5 nitrogen and oxygen atoms in total. The second-order valence-electron chi connectivity index (χ2n) is 4.09. The number of sulfonamides is 1. The molecule has 0 aromatic rings. The lowest BCUT2D eigenvalue weighted by Gasteiger charge is -2.27. The molecule has 0 aliphatic heterocycles. The van der Waals surface area contributed by atoms with Crippen molar-refractivity contribution in [2.45, 2.75) is 38.6 Å². The van der Waals surface area contributed by atoms with Gasteiger partial charge in [-0.2, -0.15) is 0 Å². The summed E-state index contributed by atoms with van der Waals surface area (Å²) in [5.74, 6) is -0.145. The molecule has 0 unspecified atom stereocenters.